The number of hydrogen-bond donors (Lipinski definition) is 1. The summed E-state index contributed by atoms with van der Waals surface area (Å²) in [7, 11) is 0. The molecule has 0 bridgehead atoms. The third-order valence-corrected chi connectivity index (χ3v) is 4.81. The summed E-state index contributed by atoms with van der Waals surface area (Å²) < 4.78 is 0. The summed E-state index contributed by atoms with van der Waals surface area (Å²) in [5, 5.41) is 5.91. The van der Waals surface area contributed by atoms with Crippen LogP contribution < -0.4 is 5.32 Å². The van der Waals surface area contributed by atoms with Crippen molar-refractivity contribution in [2.45, 2.75) is 38.6 Å². The van der Waals surface area contributed by atoms with Gasteiger partial charge in [-0.2, -0.15) is 0 Å². The van der Waals surface area contributed by atoms with Gasteiger partial charge in [0.1, 0.15) is 0 Å². The number of benzene rings is 1. The average Bonchev–Trinajstić information content (AvgIpc) is 2.98. The Kier molecular flexibility index (Phi) is 4.00. The van der Waals surface area contributed by atoms with Gasteiger partial charge in [-0.05, 0) is 60.4 Å². The van der Waals surface area contributed by atoms with Crippen molar-refractivity contribution >= 4 is 11.3 Å². The molecule has 0 amide bonds. The van der Waals surface area contributed by atoms with Crippen molar-refractivity contribution in [3.8, 4) is 10.4 Å². The lowest BCUT2D eigenvalue weighted by Gasteiger charge is -2.28. The fraction of sp³-hybridized carbons (Fsp3) is 0.412. The fourth-order valence-electron chi connectivity index (χ4n) is 3.05. The second-order valence-electron chi connectivity index (χ2n) is 5.25. The molecule has 2 aromatic rings. The zero-order valence-corrected chi connectivity index (χ0v) is 12.3. The summed E-state index contributed by atoms with van der Waals surface area (Å²) in [6.07, 6.45) is 5.02. The second-order valence-corrected chi connectivity index (χ2v) is 6.20. The maximum absolute atomic E-state index is 3.73. The molecule has 0 saturated heterocycles. The van der Waals surface area contributed by atoms with Crippen LogP contribution >= 0.6 is 11.3 Å². The average molecular weight is 271 g/mol. The molecule has 1 unspecified atom stereocenters. The highest BCUT2D eigenvalue weighted by Gasteiger charge is 2.23. The number of nitrogens with one attached hydrogen (secondary N) is 1. The predicted molar refractivity (Wildman–Crippen MR) is 83.7 cm³/mol. The lowest BCUT2D eigenvalue weighted by Crippen LogP contribution is -2.26. The first kappa shape index (κ1) is 12.9. The van der Waals surface area contributed by atoms with E-state index in [0.29, 0.717) is 6.04 Å². The van der Waals surface area contributed by atoms with Crippen LogP contribution in [0.1, 0.15) is 43.4 Å². The standard InChI is InChI=1S/C17H21NS/c1-2-11-18-15-9-4-7-13-6-3-8-14(17(13)15)16-10-5-12-19-16/h3,5-6,8,10,12,15,18H,2,4,7,9,11H2,1H3. The Morgan fingerprint density at radius 1 is 1.26 bits per heavy atom. The van der Waals surface area contributed by atoms with Crippen LogP contribution in [0.15, 0.2) is 35.7 Å². The molecule has 1 atom stereocenters. The zero-order valence-electron chi connectivity index (χ0n) is 11.5. The van der Waals surface area contributed by atoms with Crippen molar-refractivity contribution in [1.29, 1.82) is 0 Å². The van der Waals surface area contributed by atoms with Crippen molar-refractivity contribution in [2.75, 3.05) is 6.54 Å². The number of aryl methyl sites for hydroxylation is 1. The van der Waals surface area contributed by atoms with Crippen LogP contribution in [-0.2, 0) is 6.42 Å². The molecule has 1 heterocycles. The van der Waals surface area contributed by atoms with Gasteiger partial charge in [0.2, 0.25) is 0 Å². The van der Waals surface area contributed by atoms with Gasteiger partial charge in [-0.15, -0.1) is 11.3 Å². The molecular weight excluding hydrogens is 250 g/mol. The third-order valence-electron chi connectivity index (χ3n) is 3.91. The van der Waals surface area contributed by atoms with E-state index in [9.17, 15) is 0 Å². The summed E-state index contributed by atoms with van der Waals surface area (Å²) in [5.74, 6) is 0. The topological polar surface area (TPSA) is 12.0 Å². The summed E-state index contributed by atoms with van der Waals surface area (Å²) >= 11 is 1.85. The molecule has 1 aromatic carbocycles. The van der Waals surface area contributed by atoms with Crippen LogP contribution in [0.5, 0.6) is 0 Å². The van der Waals surface area contributed by atoms with E-state index in [-0.39, 0.29) is 0 Å². The highest BCUT2D eigenvalue weighted by molar-refractivity contribution is 7.13. The Balaban J connectivity index is 2.02. The minimum atomic E-state index is 0.544. The highest BCUT2D eigenvalue weighted by Crippen LogP contribution is 2.38. The predicted octanol–water partition coefficient (Wildman–Crippen LogP) is 4.79. The van der Waals surface area contributed by atoms with Gasteiger partial charge in [0.15, 0.2) is 0 Å². The Morgan fingerprint density at radius 2 is 2.21 bits per heavy atom. The van der Waals surface area contributed by atoms with E-state index in [0.717, 1.165) is 6.54 Å². The molecule has 0 radical (unpaired) electrons. The first-order chi connectivity index (χ1) is 9.40. The first-order valence-corrected chi connectivity index (χ1v) is 8.17. The normalized spacial score (nSPS) is 18.3. The van der Waals surface area contributed by atoms with Crippen molar-refractivity contribution in [2.24, 2.45) is 0 Å². The van der Waals surface area contributed by atoms with Gasteiger partial charge in [0.25, 0.3) is 0 Å². The Hall–Kier alpha value is -1.12. The molecule has 19 heavy (non-hydrogen) atoms. The number of rotatable bonds is 4. The first-order valence-electron chi connectivity index (χ1n) is 7.29. The summed E-state index contributed by atoms with van der Waals surface area (Å²) in [6.45, 7) is 3.35. The summed E-state index contributed by atoms with van der Waals surface area (Å²) in [5.41, 5.74) is 4.55. The Bertz CT molecular complexity index is 530. The zero-order chi connectivity index (χ0) is 13.1. The number of fused-ring (bicyclic) bond motifs is 1. The van der Waals surface area contributed by atoms with Gasteiger partial charge in [-0.1, -0.05) is 31.2 Å². The molecule has 1 aliphatic rings. The minimum absolute atomic E-state index is 0.544. The van der Waals surface area contributed by atoms with Gasteiger partial charge >= 0.3 is 0 Å². The fourth-order valence-corrected chi connectivity index (χ4v) is 3.82. The molecule has 1 nitrogen and oxygen atoms in total. The lowest BCUT2D eigenvalue weighted by molar-refractivity contribution is 0.461. The van der Waals surface area contributed by atoms with Crippen molar-refractivity contribution in [3.05, 3.63) is 46.8 Å². The smallest absolute Gasteiger partial charge is 0.0346 e. The van der Waals surface area contributed by atoms with Crippen molar-refractivity contribution in [1.82, 2.24) is 5.32 Å². The number of thiophene rings is 1. The molecule has 1 aromatic heterocycles. The molecule has 0 spiro atoms. The van der Waals surface area contributed by atoms with Gasteiger partial charge in [0.05, 0.1) is 0 Å². The quantitative estimate of drug-likeness (QED) is 0.843. The molecule has 0 fully saturated rings. The molecule has 1 aliphatic carbocycles. The summed E-state index contributed by atoms with van der Waals surface area (Å²) in [6, 6.07) is 11.8. The van der Waals surface area contributed by atoms with Crippen LogP contribution in [0.25, 0.3) is 10.4 Å². The molecule has 1 N–H and O–H groups in total. The van der Waals surface area contributed by atoms with Gasteiger partial charge in [-0.25, -0.2) is 0 Å². The molecule has 0 saturated carbocycles. The van der Waals surface area contributed by atoms with E-state index in [1.807, 2.05) is 11.3 Å². The maximum atomic E-state index is 3.73. The van der Waals surface area contributed by atoms with Crippen molar-refractivity contribution < 1.29 is 0 Å². The largest absolute Gasteiger partial charge is 0.310 e. The Morgan fingerprint density at radius 3 is 3.00 bits per heavy atom. The summed E-state index contributed by atoms with van der Waals surface area (Å²) in [4.78, 5) is 1.40. The molecule has 0 aliphatic heterocycles. The van der Waals surface area contributed by atoms with Crippen molar-refractivity contribution in [3.63, 3.8) is 0 Å². The molecule has 3 rings (SSSR count). The van der Waals surface area contributed by atoms with E-state index in [2.05, 4.69) is 48.0 Å². The number of hydrogen-bond acceptors (Lipinski definition) is 2. The van der Waals surface area contributed by atoms with Crippen LogP contribution in [0.4, 0.5) is 0 Å². The van der Waals surface area contributed by atoms with Gasteiger partial charge in [-0.3, -0.25) is 0 Å². The van der Waals surface area contributed by atoms with Crippen LogP contribution in [-0.4, -0.2) is 6.54 Å². The van der Waals surface area contributed by atoms with E-state index in [1.54, 1.807) is 11.1 Å². The van der Waals surface area contributed by atoms with Crippen LogP contribution in [0, 0.1) is 0 Å². The SMILES string of the molecule is CCCNC1CCCc2cccc(-c3cccs3)c21. The van der Waals surface area contributed by atoms with E-state index in [4.69, 9.17) is 0 Å². The third kappa shape index (κ3) is 2.60. The second kappa shape index (κ2) is 5.89. The molecule has 100 valence electrons. The van der Waals surface area contributed by atoms with E-state index < -0.39 is 0 Å². The lowest BCUT2D eigenvalue weighted by atomic mass is 9.84. The Labute approximate surface area is 119 Å². The van der Waals surface area contributed by atoms with E-state index in [1.165, 1.54) is 36.1 Å². The highest BCUT2D eigenvalue weighted by atomic mass is 32.1. The van der Waals surface area contributed by atoms with Gasteiger partial charge in [0, 0.05) is 10.9 Å². The maximum Gasteiger partial charge on any atom is 0.0346 e. The van der Waals surface area contributed by atoms with Crippen LogP contribution in [0.3, 0.4) is 0 Å². The molecule has 2 heteroatoms. The van der Waals surface area contributed by atoms with Crippen LogP contribution in [0.2, 0.25) is 0 Å². The monoisotopic (exact) mass is 271 g/mol. The minimum Gasteiger partial charge on any atom is -0.310 e. The van der Waals surface area contributed by atoms with E-state index >= 15 is 0 Å². The van der Waals surface area contributed by atoms with Gasteiger partial charge < -0.3 is 5.32 Å². The molecular formula is C17H21NS.